The van der Waals surface area contributed by atoms with Gasteiger partial charge in [0.05, 0.1) is 0 Å². The lowest BCUT2D eigenvalue weighted by Crippen LogP contribution is -2.31. The van der Waals surface area contributed by atoms with Crippen LogP contribution < -0.4 is 5.32 Å². The molecule has 1 fully saturated rings. The first-order valence-corrected chi connectivity index (χ1v) is 6.19. The molecule has 0 heterocycles. The van der Waals surface area contributed by atoms with Gasteiger partial charge in [0, 0.05) is 6.04 Å². The molecule has 1 aromatic carbocycles. The Bertz CT molecular complexity index is 320. The number of nitrogens with one attached hydrogen (secondary N) is 1. The quantitative estimate of drug-likeness (QED) is 0.826. The third kappa shape index (κ3) is 3.05. The monoisotopic (exact) mass is 221 g/mol. The number of benzene rings is 1. The highest BCUT2D eigenvalue weighted by Crippen LogP contribution is 2.27. The van der Waals surface area contributed by atoms with Gasteiger partial charge in [-0.1, -0.05) is 25.0 Å². The van der Waals surface area contributed by atoms with E-state index in [-0.39, 0.29) is 5.82 Å². The molecule has 1 nitrogen and oxygen atoms in total. The van der Waals surface area contributed by atoms with Crippen molar-refractivity contribution in [1.29, 1.82) is 0 Å². The summed E-state index contributed by atoms with van der Waals surface area (Å²) in [7, 11) is 2.05. The summed E-state index contributed by atoms with van der Waals surface area (Å²) in [6, 6.07) is 7.64. The van der Waals surface area contributed by atoms with Gasteiger partial charge in [-0.15, -0.1) is 0 Å². The Balaban J connectivity index is 1.91. The SMILES string of the molecule is CNC1CCCC(Cc2ccc(F)cc2)C1. The number of halogens is 1. The zero-order valence-corrected chi connectivity index (χ0v) is 9.88. The predicted octanol–water partition coefficient (Wildman–Crippen LogP) is 3.15. The minimum Gasteiger partial charge on any atom is -0.317 e. The molecule has 0 radical (unpaired) electrons. The maximum atomic E-state index is 12.8. The van der Waals surface area contributed by atoms with Gasteiger partial charge in [-0.3, -0.25) is 0 Å². The molecule has 0 aromatic heterocycles. The summed E-state index contributed by atoms with van der Waals surface area (Å²) >= 11 is 0. The molecule has 0 saturated heterocycles. The molecule has 88 valence electrons. The van der Waals surface area contributed by atoms with Crippen LogP contribution in [-0.2, 0) is 6.42 Å². The van der Waals surface area contributed by atoms with E-state index in [9.17, 15) is 4.39 Å². The number of hydrogen-bond acceptors (Lipinski definition) is 1. The van der Waals surface area contributed by atoms with Crippen molar-refractivity contribution in [3.8, 4) is 0 Å². The van der Waals surface area contributed by atoms with Crippen LogP contribution in [-0.4, -0.2) is 13.1 Å². The van der Waals surface area contributed by atoms with E-state index in [1.54, 1.807) is 12.1 Å². The minimum atomic E-state index is -0.138. The van der Waals surface area contributed by atoms with Gasteiger partial charge >= 0.3 is 0 Å². The molecule has 1 aliphatic carbocycles. The van der Waals surface area contributed by atoms with Gasteiger partial charge in [0.25, 0.3) is 0 Å². The first kappa shape index (κ1) is 11.6. The van der Waals surface area contributed by atoms with Crippen LogP contribution in [0.15, 0.2) is 24.3 Å². The Morgan fingerprint density at radius 1 is 1.25 bits per heavy atom. The van der Waals surface area contributed by atoms with Gasteiger partial charge < -0.3 is 5.32 Å². The highest BCUT2D eigenvalue weighted by atomic mass is 19.1. The predicted molar refractivity (Wildman–Crippen MR) is 64.9 cm³/mol. The third-order valence-corrected chi connectivity index (χ3v) is 3.63. The first-order valence-electron chi connectivity index (χ1n) is 6.19. The van der Waals surface area contributed by atoms with E-state index in [1.165, 1.54) is 31.2 Å². The van der Waals surface area contributed by atoms with E-state index in [2.05, 4.69) is 5.32 Å². The second kappa shape index (κ2) is 5.44. The second-order valence-electron chi connectivity index (χ2n) is 4.85. The third-order valence-electron chi connectivity index (χ3n) is 3.63. The topological polar surface area (TPSA) is 12.0 Å². The molecule has 1 aliphatic rings. The lowest BCUT2D eigenvalue weighted by molar-refractivity contribution is 0.294. The van der Waals surface area contributed by atoms with Crippen molar-refractivity contribution in [1.82, 2.24) is 5.32 Å². The van der Waals surface area contributed by atoms with Crippen molar-refractivity contribution in [2.24, 2.45) is 5.92 Å². The summed E-state index contributed by atoms with van der Waals surface area (Å²) in [5, 5.41) is 3.37. The van der Waals surface area contributed by atoms with Crippen LogP contribution >= 0.6 is 0 Å². The molecular formula is C14H20FN. The Kier molecular flexibility index (Phi) is 3.94. The van der Waals surface area contributed by atoms with Gasteiger partial charge in [0.2, 0.25) is 0 Å². The normalized spacial score (nSPS) is 25.6. The van der Waals surface area contributed by atoms with Gasteiger partial charge in [0.15, 0.2) is 0 Å². The van der Waals surface area contributed by atoms with Crippen LogP contribution in [0.2, 0.25) is 0 Å². The highest BCUT2D eigenvalue weighted by Gasteiger charge is 2.20. The van der Waals surface area contributed by atoms with Crippen LogP contribution in [0.4, 0.5) is 4.39 Å². The molecule has 2 heteroatoms. The molecule has 2 atom stereocenters. The van der Waals surface area contributed by atoms with E-state index >= 15 is 0 Å². The average molecular weight is 221 g/mol. The fraction of sp³-hybridized carbons (Fsp3) is 0.571. The van der Waals surface area contributed by atoms with Crippen molar-refractivity contribution in [3.05, 3.63) is 35.6 Å². The fourth-order valence-corrected chi connectivity index (χ4v) is 2.69. The van der Waals surface area contributed by atoms with E-state index in [0.29, 0.717) is 6.04 Å². The Hall–Kier alpha value is -0.890. The van der Waals surface area contributed by atoms with E-state index in [0.717, 1.165) is 12.3 Å². The molecule has 0 amide bonds. The average Bonchev–Trinajstić information content (AvgIpc) is 2.32. The van der Waals surface area contributed by atoms with Gasteiger partial charge in [-0.25, -0.2) is 4.39 Å². The Labute approximate surface area is 97.1 Å². The molecule has 1 saturated carbocycles. The molecule has 2 unspecified atom stereocenters. The summed E-state index contributed by atoms with van der Waals surface area (Å²) in [6.45, 7) is 0. The molecule has 2 rings (SSSR count). The van der Waals surface area contributed by atoms with Gasteiger partial charge in [-0.05, 0) is 49.9 Å². The number of rotatable bonds is 3. The standard InChI is InChI=1S/C14H20FN/c1-16-14-4-2-3-12(10-14)9-11-5-7-13(15)8-6-11/h5-8,12,14,16H,2-4,9-10H2,1H3. The highest BCUT2D eigenvalue weighted by molar-refractivity contribution is 5.16. The summed E-state index contributed by atoms with van der Waals surface area (Å²) in [6.07, 6.45) is 6.29. The minimum absolute atomic E-state index is 0.138. The van der Waals surface area contributed by atoms with Crippen LogP contribution in [0.1, 0.15) is 31.2 Å². The van der Waals surface area contributed by atoms with Crippen LogP contribution in [0.3, 0.4) is 0 Å². The maximum Gasteiger partial charge on any atom is 0.123 e. The lowest BCUT2D eigenvalue weighted by Gasteiger charge is -2.28. The van der Waals surface area contributed by atoms with Crippen LogP contribution in [0.25, 0.3) is 0 Å². The lowest BCUT2D eigenvalue weighted by atomic mass is 9.82. The Morgan fingerprint density at radius 3 is 2.69 bits per heavy atom. The summed E-state index contributed by atoms with van der Waals surface area (Å²) < 4.78 is 12.8. The van der Waals surface area contributed by atoms with Crippen molar-refractivity contribution in [2.45, 2.75) is 38.1 Å². The Morgan fingerprint density at radius 2 is 2.00 bits per heavy atom. The van der Waals surface area contributed by atoms with Crippen molar-refractivity contribution in [3.63, 3.8) is 0 Å². The molecular weight excluding hydrogens is 201 g/mol. The second-order valence-corrected chi connectivity index (χ2v) is 4.85. The molecule has 0 spiro atoms. The van der Waals surface area contributed by atoms with Gasteiger partial charge in [0.1, 0.15) is 5.82 Å². The molecule has 16 heavy (non-hydrogen) atoms. The zero-order valence-electron chi connectivity index (χ0n) is 9.88. The van der Waals surface area contributed by atoms with E-state index < -0.39 is 0 Å². The van der Waals surface area contributed by atoms with Gasteiger partial charge in [-0.2, -0.15) is 0 Å². The molecule has 0 aliphatic heterocycles. The smallest absolute Gasteiger partial charge is 0.123 e. The molecule has 0 bridgehead atoms. The van der Waals surface area contributed by atoms with Crippen molar-refractivity contribution < 1.29 is 4.39 Å². The van der Waals surface area contributed by atoms with E-state index in [4.69, 9.17) is 0 Å². The summed E-state index contributed by atoms with van der Waals surface area (Å²) in [5.41, 5.74) is 1.27. The van der Waals surface area contributed by atoms with Crippen LogP contribution in [0.5, 0.6) is 0 Å². The van der Waals surface area contributed by atoms with Crippen molar-refractivity contribution in [2.75, 3.05) is 7.05 Å². The molecule has 1 N–H and O–H groups in total. The van der Waals surface area contributed by atoms with E-state index in [1.807, 2.05) is 19.2 Å². The summed E-state index contributed by atoms with van der Waals surface area (Å²) in [4.78, 5) is 0. The maximum absolute atomic E-state index is 12.8. The molecule has 1 aromatic rings. The zero-order chi connectivity index (χ0) is 11.4. The van der Waals surface area contributed by atoms with Crippen molar-refractivity contribution >= 4 is 0 Å². The fourth-order valence-electron chi connectivity index (χ4n) is 2.69. The largest absolute Gasteiger partial charge is 0.317 e. The first-order chi connectivity index (χ1) is 7.78. The number of hydrogen-bond donors (Lipinski definition) is 1. The summed E-state index contributed by atoms with van der Waals surface area (Å²) in [5.74, 6) is 0.622. The van der Waals surface area contributed by atoms with Crippen LogP contribution in [0, 0.1) is 11.7 Å².